The molecule has 7 nitrogen and oxygen atoms in total. The molecule has 0 radical (unpaired) electrons. The fourth-order valence-corrected chi connectivity index (χ4v) is 3.36. The number of anilines is 1. The minimum atomic E-state index is 0.733. The van der Waals surface area contributed by atoms with Gasteiger partial charge >= 0.3 is 0 Å². The maximum Gasteiger partial charge on any atom is 0.225 e. The maximum absolute atomic E-state index is 4.36. The van der Waals surface area contributed by atoms with E-state index in [0.29, 0.717) is 0 Å². The molecule has 0 amide bonds. The first-order chi connectivity index (χ1) is 13.3. The molecular weight excluding hydrogens is 338 g/mol. The van der Waals surface area contributed by atoms with E-state index in [1.807, 2.05) is 25.5 Å². The topological polar surface area (TPSA) is 68.7 Å². The van der Waals surface area contributed by atoms with E-state index in [2.05, 4.69) is 49.2 Å². The molecule has 1 aliphatic heterocycles. The summed E-state index contributed by atoms with van der Waals surface area (Å²) in [6.07, 6.45) is 8.72. The smallest absolute Gasteiger partial charge is 0.225 e. The Balaban J connectivity index is 1.62. The predicted octanol–water partition coefficient (Wildman–Crippen LogP) is 1.98. The van der Waals surface area contributed by atoms with Gasteiger partial charge in [0.2, 0.25) is 5.95 Å². The summed E-state index contributed by atoms with van der Waals surface area (Å²) in [5.74, 6) is 2.49. The van der Waals surface area contributed by atoms with Crippen LogP contribution >= 0.6 is 0 Å². The van der Waals surface area contributed by atoms with Crippen molar-refractivity contribution in [2.75, 3.05) is 57.8 Å². The molecule has 1 aromatic heterocycles. The number of nitrogens with zero attached hydrogens (tertiary/aromatic N) is 5. The zero-order valence-electron chi connectivity index (χ0n) is 17.3. The van der Waals surface area contributed by atoms with E-state index in [-0.39, 0.29) is 0 Å². The zero-order valence-corrected chi connectivity index (χ0v) is 17.3. The van der Waals surface area contributed by atoms with Crippen LogP contribution in [-0.4, -0.2) is 73.7 Å². The van der Waals surface area contributed by atoms with Gasteiger partial charge in [-0.2, -0.15) is 0 Å². The average Bonchev–Trinajstić information content (AvgIpc) is 2.73. The van der Waals surface area contributed by atoms with E-state index in [9.17, 15) is 0 Å². The first-order valence-electron chi connectivity index (χ1n) is 10.5. The largest absolute Gasteiger partial charge is 0.356 e. The lowest BCUT2D eigenvalue weighted by molar-refractivity contribution is 0.260. The number of piperazine rings is 1. The van der Waals surface area contributed by atoms with E-state index in [1.54, 1.807) is 0 Å². The molecule has 0 aliphatic carbocycles. The van der Waals surface area contributed by atoms with Gasteiger partial charge in [0.25, 0.3) is 0 Å². The fourth-order valence-electron chi connectivity index (χ4n) is 3.36. The third-order valence-corrected chi connectivity index (χ3v) is 5.25. The van der Waals surface area contributed by atoms with Gasteiger partial charge in [0, 0.05) is 65.3 Å². The summed E-state index contributed by atoms with van der Waals surface area (Å²) in [4.78, 5) is 17.8. The van der Waals surface area contributed by atoms with Gasteiger partial charge in [-0.25, -0.2) is 9.97 Å². The normalized spacial score (nSPS) is 17.0. The maximum atomic E-state index is 4.36. The van der Waals surface area contributed by atoms with Crippen LogP contribution in [0, 0.1) is 5.92 Å². The molecular formula is C20H37N7. The van der Waals surface area contributed by atoms with Crippen LogP contribution in [0.15, 0.2) is 23.5 Å². The molecule has 0 bridgehead atoms. The Morgan fingerprint density at radius 2 is 1.89 bits per heavy atom. The van der Waals surface area contributed by atoms with Gasteiger partial charge in [-0.3, -0.25) is 9.89 Å². The van der Waals surface area contributed by atoms with Crippen LogP contribution in [0.4, 0.5) is 5.95 Å². The SMILES string of the molecule is CCCCC(CC)CNC(=NC)NCCN1CCN(c2ncccn2)CC1. The Kier molecular flexibility index (Phi) is 9.90. The Labute approximate surface area is 164 Å². The van der Waals surface area contributed by atoms with Crippen LogP contribution in [-0.2, 0) is 0 Å². The van der Waals surface area contributed by atoms with Gasteiger partial charge in [-0.05, 0) is 18.4 Å². The molecule has 2 N–H and O–H groups in total. The molecule has 152 valence electrons. The second kappa shape index (κ2) is 12.5. The summed E-state index contributed by atoms with van der Waals surface area (Å²) in [6.45, 7) is 11.5. The van der Waals surface area contributed by atoms with Crippen LogP contribution in [0.25, 0.3) is 0 Å². The number of aliphatic imine (C=N–C) groups is 1. The van der Waals surface area contributed by atoms with Crippen molar-refractivity contribution in [3.63, 3.8) is 0 Å². The molecule has 7 heteroatoms. The minimum Gasteiger partial charge on any atom is -0.356 e. The average molecular weight is 376 g/mol. The van der Waals surface area contributed by atoms with Gasteiger partial charge in [0.05, 0.1) is 0 Å². The van der Waals surface area contributed by atoms with Gasteiger partial charge in [-0.15, -0.1) is 0 Å². The molecule has 1 saturated heterocycles. The van der Waals surface area contributed by atoms with Crippen molar-refractivity contribution >= 4 is 11.9 Å². The molecule has 1 aromatic rings. The third-order valence-electron chi connectivity index (χ3n) is 5.25. The molecule has 2 rings (SSSR count). The first kappa shape index (κ1) is 21.4. The minimum absolute atomic E-state index is 0.733. The summed E-state index contributed by atoms with van der Waals surface area (Å²) in [5, 5.41) is 6.95. The van der Waals surface area contributed by atoms with Crippen LogP contribution in [0.1, 0.15) is 39.5 Å². The molecule has 0 aromatic carbocycles. The van der Waals surface area contributed by atoms with Crippen LogP contribution in [0.2, 0.25) is 0 Å². The van der Waals surface area contributed by atoms with Crippen LogP contribution in [0.3, 0.4) is 0 Å². The van der Waals surface area contributed by atoms with E-state index < -0.39 is 0 Å². The Morgan fingerprint density at radius 3 is 2.52 bits per heavy atom. The molecule has 1 atom stereocenters. The summed E-state index contributed by atoms with van der Waals surface area (Å²) in [6, 6.07) is 1.86. The molecule has 0 saturated carbocycles. The lowest BCUT2D eigenvalue weighted by atomic mass is 9.99. The standard InChI is InChI=1S/C20H37N7/c1-4-6-8-18(5-2)17-25-19(21-3)22-11-12-26-13-15-27(16-14-26)20-23-9-7-10-24-20/h7,9-10,18H,4-6,8,11-17H2,1-3H3,(H2,21,22,25). The molecule has 1 unspecified atom stereocenters. The number of hydrogen-bond acceptors (Lipinski definition) is 5. The molecule has 27 heavy (non-hydrogen) atoms. The predicted molar refractivity (Wildman–Crippen MR) is 113 cm³/mol. The number of guanidine groups is 1. The van der Waals surface area contributed by atoms with E-state index >= 15 is 0 Å². The van der Waals surface area contributed by atoms with Crippen molar-refractivity contribution in [2.24, 2.45) is 10.9 Å². The lowest BCUT2D eigenvalue weighted by Crippen LogP contribution is -2.50. The van der Waals surface area contributed by atoms with E-state index in [4.69, 9.17) is 0 Å². The number of nitrogens with one attached hydrogen (secondary N) is 2. The van der Waals surface area contributed by atoms with Crippen LogP contribution in [0.5, 0.6) is 0 Å². The second-order valence-corrected chi connectivity index (χ2v) is 7.17. The summed E-state index contributed by atoms with van der Waals surface area (Å²) < 4.78 is 0. The summed E-state index contributed by atoms with van der Waals surface area (Å²) >= 11 is 0. The monoisotopic (exact) mass is 375 g/mol. The number of aromatic nitrogens is 2. The van der Waals surface area contributed by atoms with Crippen LogP contribution < -0.4 is 15.5 Å². The number of unbranched alkanes of at least 4 members (excludes halogenated alkanes) is 1. The van der Waals surface area contributed by atoms with Gasteiger partial charge in [-0.1, -0.05) is 33.1 Å². The Hall–Kier alpha value is -1.89. The summed E-state index contributed by atoms with van der Waals surface area (Å²) in [5.41, 5.74) is 0. The molecule has 1 aliphatic rings. The zero-order chi connectivity index (χ0) is 19.3. The fraction of sp³-hybridized carbons (Fsp3) is 0.750. The highest BCUT2D eigenvalue weighted by atomic mass is 15.3. The summed E-state index contributed by atoms with van der Waals surface area (Å²) in [7, 11) is 1.85. The van der Waals surface area contributed by atoms with E-state index in [0.717, 1.165) is 63.6 Å². The quantitative estimate of drug-likeness (QED) is 0.481. The van der Waals surface area contributed by atoms with Crippen molar-refractivity contribution < 1.29 is 0 Å². The van der Waals surface area contributed by atoms with E-state index in [1.165, 1.54) is 25.7 Å². The van der Waals surface area contributed by atoms with Crippen molar-refractivity contribution in [1.29, 1.82) is 0 Å². The van der Waals surface area contributed by atoms with Crippen molar-refractivity contribution in [2.45, 2.75) is 39.5 Å². The molecule has 2 heterocycles. The van der Waals surface area contributed by atoms with Crippen molar-refractivity contribution in [3.05, 3.63) is 18.5 Å². The molecule has 1 fully saturated rings. The van der Waals surface area contributed by atoms with Gasteiger partial charge in [0.15, 0.2) is 5.96 Å². The van der Waals surface area contributed by atoms with Crippen molar-refractivity contribution in [1.82, 2.24) is 25.5 Å². The number of hydrogen-bond donors (Lipinski definition) is 2. The Morgan fingerprint density at radius 1 is 1.15 bits per heavy atom. The van der Waals surface area contributed by atoms with Crippen molar-refractivity contribution in [3.8, 4) is 0 Å². The van der Waals surface area contributed by atoms with Gasteiger partial charge < -0.3 is 15.5 Å². The highest BCUT2D eigenvalue weighted by Gasteiger charge is 2.18. The first-order valence-corrected chi connectivity index (χ1v) is 10.5. The number of rotatable bonds is 10. The highest BCUT2D eigenvalue weighted by Crippen LogP contribution is 2.11. The second-order valence-electron chi connectivity index (χ2n) is 7.17. The Bertz CT molecular complexity index is 526. The van der Waals surface area contributed by atoms with Gasteiger partial charge in [0.1, 0.15) is 0 Å². The lowest BCUT2D eigenvalue weighted by Gasteiger charge is -2.34. The highest BCUT2D eigenvalue weighted by molar-refractivity contribution is 5.79. The third kappa shape index (κ3) is 7.71. The molecule has 0 spiro atoms.